The second-order valence-electron chi connectivity index (χ2n) is 7.60. The van der Waals surface area contributed by atoms with Gasteiger partial charge in [0.15, 0.2) is 0 Å². The van der Waals surface area contributed by atoms with Gasteiger partial charge < -0.3 is 9.80 Å². The van der Waals surface area contributed by atoms with Crippen molar-refractivity contribution in [2.45, 2.75) is 25.7 Å². The second-order valence-corrected chi connectivity index (χ2v) is 7.60. The zero-order valence-electron chi connectivity index (χ0n) is 15.3. The van der Waals surface area contributed by atoms with Crippen molar-refractivity contribution >= 4 is 23.4 Å². The number of imide groups is 1. The number of hydrogen-bond donors (Lipinski definition) is 0. The molecule has 2 aliphatic heterocycles. The largest absolute Gasteiger partial charge is 0.368 e. The number of halogens is 1. The molecule has 1 aliphatic carbocycles. The summed E-state index contributed by atoms with van der Waals surface area (Å²) in [6.45, 7) is 2.20. The minimum absolute atomic E-state index is 0.138. The average molecular weight is 373 g/mol. The Morgan fingerprint density at radius 3 is 2.04 bits per heavy atom. The van der Waals surface area contributed by atoms with Gasteiger partial charge in [0, 0.05) is 31.9 Å². The summed E-state index contributed by atoms with van der Waals surface area (Å²) in [7, 11) is 0. The highest BCUT2D eigenvalue weighted by atomic mass is 19.1. The second kappa shape index (κ2) is 7.29. The van der Waals surface area contributed by atoms with Crippen molar-refractivity contribution in [2.24, 2.45) is 11.8 Å². The van der Waals surface area contributed by atoms with Crippen molar-refractivity contribution in [3.05, 3.63) is 30.1 Å². The lowest BCUT2D eigenvalue weighted by Crippen LogP contribution is -2.52. The van der Waals surface area contributed by atoms with Crippen LogP contribution in [0, 0.1) is 17.7 Å². The highest BCUT2D eigenvalue weighted by Crippen LogP contribution is 2.37. The molecule has 3 amide bonds. The number of rotatable bonds is 3. The maximum absolute atomic E-state index is 13.1. The third-order valence-electron chi connectivity index (χ3n) is 6.05. The first-order valence-corrected chi connectivity index (χ1v) is 9.68. The smallest absolute Gasteiger partial charge is 0.242 e. The number of amides is 3. The standard InChI is InChI=1S/C20H24FN3O3/c21-14-5-7-15(8-6-14)22-9-11-23(12-10-22)18(25)13-24-19(26)16-3-1-2-4-17(16)20(24)27/h5-8,16-17H,1-4,9-13H2/t16-,17-/m1/s1. The molecule has 2 heterocycles. The summed E-state index contributed by atoms with van der Waals surface area (Å²) >= 11 is 0. The van der Waals surface area contributed by atoms with Gasteiger partial charge in [-0.1, -0.05) is 12.8 Å². The summed E-state index contributed by atoms with van der Waals surface area (Å²) in [5.41, 5.74) is 0.928. The highest BCUT2D eigenvalue weighted by Gasteiger charge is 2.48. The van der Waals surface area contributed by atoms with Crippen molar-refractivity contribution in [3.8, 4) is 0 Å². The van der Waals surface area contributed by atoms with Gasteiger partial charge in [-0.15, -0.1) is 0 Å². The number of benzene rings is 1. The molecule has 0 spiro atoms. The van der Waals surface area contributed by atoms with E-state index in [0.717, 1.165) is 31.4 Å². The topological polar surface area (TPSA) is 60.9 Å². The van der Waals surface area contributed by atoms with E-state index in [1.54, 1.807) is 17.0 Å². The third-order valence-corrected chi connectivity index (χ3v) is 6.05. The molecule has 2 saturated heterocycles. The van der Waals surface area contributed by atoms with E-state index in [0.29, 0.717) is 26.2 Å². The molecule has 1 aromatic rings. The average Bonchev–Trinajstić information content (AvgIpc) is 2.94. The van der Waals surface area contributed by atoms with Gasteiger partial charge >= 0.3 is 0 Å². The van der Waals surface area contributed by atoms with Crippen molar-refractivity contribution in [1.82, 2.24) is 9.80 Å². The summed E-state index contributed by atoms with van der Waals surface area (Å²) in [6, 6.07) is 6.32. The molecule has 3 aliphatic rings. The molecule has 4 rings (SSSR count). The summed E-state index contributed by atoms with van der Waals surface area (Å²) in [5.74, 6) is -1.20. The van der Waals surface area contributed by atoms with E-state index in [9.17, 15) is 18.8 Å². The molecule has 2 atom stereocenters. The predicted octanol–water partition coefficient (Wildman–Crippen LogP) is 1.65. The van der Waals surface area contributed by atoms with Crippen LogP contribution >= 0.6 is 0 Å². The summed E-state index contributed by atoms with van der Waals surface area (Å²) in [4.78, 5) is 42.7. The number of hydrogen-bond acceptors (Lipinski definition) is 4. The number of anilines is 1. The fourth-order valence-electron chi connectivity index (χ4n) is 4.49. The van der Waals surface area contributed by atoms with Gasteiger partial charge in [0.2, 0.25) is 17.7 Å². The van der Waals surface area contributed by atoms with Crippen molar-refractivity contribution in [2.75, 3.05) is 37.6 Å². The molecular weight excluding hydrogens is 349 g/mol. The lowest BCUT2D eigenvalue weighted by Gasteiger charge is -2.36. The summed E-state index contributed by atoms with van der Waals surface area (Å²) in [6.07, 6.45) is 3.48. The van der Waals surface area contributed by atoms with E-state index in [2.05, 4.69) is 4.90 Å². The Balaban J connectivity index is 1.34. The molecule has 0 N–H and O–H groups in total. The molecule has 7 heteroatoms. The van der Waals surface area contributed by atoms with Crippen LogP contribution in [0.4, 0.5) is 10.1 Å². The predicted molar refractivity (Wildman–Crippen MR) is 97.4 cm³/mol. The van der Waals surface area contributed by atoms with Crippen LogP contribution in [0.15, 0.2) is 24.3 Å². The van der Waals surface area contributed by atoms with Gasteiger partial charge in [-0.2, -0.15) is 0 Å². The van der Waals surface area contributed by atoms with Gasteiger partial charge in [-0.25, -0.2) is 4.39 Å². The molecule has 3 fully saturated rings. The Kier molecular flexibility index (Phi) is 4.85. The van der Waals surface area contributed by atoms with Crippen LogP contribution in [-0.2, 0) is 14.4 Å². The maximum Gasteiger partial charge on any atom is 0.242 e. The number of fused-ring (bicyclic) bond motifs is 1. The van der Waals surface area contributed by atoms with Gasteiger partial charge in [-0.3, -0.25) is 19.3 Å². The minimum atomic E-state index is -0.270. The lowest BCUT2D eigenvalue weighted by molar-refractivity contribution is -0.146. The first kappa shape index (κ1) is 17.9. The quantitative estimate of drug-likeness (QED) is 0.756. The van der Waals surface area contributed by atoms with Crippen LogP contribution in [0.25, 0.3) is 0 Å². The zero-order valence-corrected chi connectivity index (χ0v) is 15.3. The zero-order chi connectivity index (χ0) is 19.0. The Labute approximate surface area is 157 Å². The van der Waals surface area contributed by atoms with E-state index in [1.165, 1.54) is 17.0 Å². The molecule has 0 unspecified atom stereocenters. The first-order chi connectivity index (χ1) is 13.0. The SMILES string of the molecule is O=C(CN1C(=O)[C@@H]2CCCC[C@H]2C1=O)N1CCN(c2ccc(F)cc2)CC1. The third kappa shape index (κ3) is 3.42. The minimum Gasteiger partial charge on any atom is -0.368 e. The van der Waals surface area contributed by atoms with E-state index < -0.39 is 0 Å². The first-order valence-electron chi connectivity index (χ1n) is 9.68. The van der Waals surface area contributed by atoms with Crippen LogP contribution in [0.1, 0.15) is 25.7 Å². The summed E-state index contributed by atoms with van der Waals surface area (Å²) < 4.78 is 13.1. The molecule has 1 saturated carbocycles. The van der Waals surface area contributed by atoms with Gasteiger partial charge in [0.05, 0.1) is 11.8 Å². The Bertz CT molecular complexity index is 719. The van der Waals surface area contributed by atoms with Crippen LogP contribution in [-0.4, -0.2) is 60.2 Å². The molecule has 0 bridgehead atoms. The van der Waals surface area contributed by atoms with E-state index >= 15 is 0 Å². The molecule has 0 radical (unpaired) electrons. The number of carbonyl (C=O) groups is 3. The maximum atomic E-state index is 13.1. The van der Waals surface area contributed by atoms with Gasteiger partial charge in [0.25, 0.3) is 0 Å². The van der Waals surface area contributed by atoms with Crippen LogP contribution in [0.3, 0.4) is 0 Å². The van der Waals surface area contributed by atoms with E-state index in [1.807, 2.05) is 0 Å². The summed E-state index contributed by atoms with van der Waals surface area (Å²) in [5, 5.41) is 0. The van der Waals surface area contributed by atoms with Gasteiger partial charge in [-0.05, 0) is 37.1 Å². The number of piperazine rings is 1. The number of carbonyl (C=O) groups excluding carboxylic acids is 3. The molecule has 1 aromatic carbocycles. The number of nitrogens with zero attached hydrogens (tertiary/aromatic N) is 3. The van der Waals surface area contributed by atoms with Crippen LogP contribution < -0.4 is 4.90 Å². The number of likely N-dealkylation sites (tertiary alicyclic amines) is 1. The molecule has 27 heavy (non-hydrogen) atoms. The monoisotopic (exact) mass is 373 g/mol. The van der Waals surface area contributed by atoms with Crippen molar-refractivity contribution in [1.29, 1.82) is 0 Å². The van der Waals surface area contributed by atoms with Crippen molar-refractivity contribution in [3.63, 3.8) is 0 Å². The molecule has 144 valence electrons. The fourth-order valence-corrected chi connectivity index (χ4v) is 4.49. The Morgan fingerprint density at radius 2 is 1.48 bits per heavy atom. The van der Waals surface area contributed by atoms with Crippen molar-refractivity contribution < 1.29 is 18.8 Å². The Morgan fingerprint density at radius 1 is 0.926 bits per heavy atom. The highest BCUT2D eigenvalue weighted by molar-refractivity contribution is 6.07. The normalized spacial score (nSPS) is 25.7. The van der Waals surface area contributed by atoms with Gasteiger partial charge in [0.1, 0.15) is 12.4 Å². The molecule has 0 aromatic heterocycles. The van der Waals surface area contributed by atoms with E-state index in [4.69, 9.17) is 0 Å². The van der Waals surface area contributed by atoms with E-state index in [-0.39, 0.29) is 41.9 Å². The molecule has 6 nitrogen and oxygen atoms in total. The van der Waals surface area contributed by atoms with Crippen LogP contribution in [0.5, 0.6) is 0 Å². The fraction of sp³-hybridized carbons (Fsp3) is 0.550. The molecular formula is C20H24FN3O3. The van der Waals surface area contributed by atoms with Crippen LogP contribution in [0.2, 0.25) is 0 Å². The Hall–Kier alpha value is -2.44. The lowest BCUT2D eigenvalue weighted by atomic mass is 9.81.